The molecule has 0 heterocycles. The maximum absolute atomic E-state index is 12.4. The number of carbonyl (C=O) groups excluding carboxylic acids is 1. The molecule has 0 aliphatic carbocycles. The Labute approximate surface area is 243 Å². The highest BCUT2D eigenvalue weighted by Crippen LogP contribution is 2.18. The van der Waals surface area contributed by atoms with Gasteiger partial charge in [-0.05, 0) is 32.1 Å². The van der Waals surface area contributed by atoms with Crippen molar-refractivity contribution in [3.05, 3.63) is 0 Å². The fourth-order valence-corrected chi connectivity index (χ4v) is 5.47. The van der Waals surface area contributed by atoms with Crippen molar-refractivity contribution in [1.29, 1.82) is 0 Å². The summed E-state index contributed by atoms with van der Waals surface area (Å²) in [5, 5.41) is 8.68. The molecule has 0 saturated carbocycles. The second-order valence-electron chi connectivity index (χ2n) is 12.1. The number of ether oxygens (including phenoxy) is 1. The van der Waals surface area contributed by atoms with Crippen LogP contribution in [-0.2, 0) is 14.3 Å². The van der Waals surface area contributed by atoms with Crippen molar-refractivity contribution in [3.63, 3.8) is 0 Å². The van der Waals surface area contributed by atoms with Crippen LogP contribution in [-0.4, -0.2) is 23.1 Å². The molecular formula is C35H68O4. The van der Waals surface area contributed by atoms with E-state index in [0.29, 0.717) is 12.8 Å². The third-order valence-corrected chi connectivity index (χ3v) is 8.08. The van der Waals surface area contributed by atoms with Gasteiger partial charge in [-0.3, -0.25) is 9.59 Å². The molecule has 1 atom stereocenters. The van der Waals surface area contributed by atoms with Gasteiger partial charge in [-0.2, -0.15) is 0 Å². The van der Waals surface area contributed by atoms with Crippen LogP contribution in [0.5, 0.6) is 0 Å². The first-order chi connectivity index (χ1) is 19.1. The number of hydrogen-bond donors (Lipinski definition) is 1. The number of carboxylic acids is 1. The smallest absolute Gasteiger partial charge is 0.306 e. The molecule has 0 spiro atoms. The van der Waals surface area contributed by atoms with E-state index in [4.69, 9.17) is 9.84 Å². The van der Waals surface area contributed by atoms with Crippen LogP contribution in [0.2, 0.25) is 0 Å². The van der Waals surface area contributed by atoms with Crippen molar-refractivity contribution < 1.29 is 19.4 Å². The first-order valence-corrected chi connectivity index (χ1v) is 17.5. The Morgan fingerprint density at radius 2 is 0.795 bits per heavy atom. The highest BCUT2D eigenvalue weighted by molar-refractivity contribution is 5.69. The average molecular weight is 553 g/mol. The third-order valence-electron chi connectivity index (χ3n) is 8.08. The summed E-state index contributed by atoms with van der Waals surface area (Å²) in [4.78, 5) is 22.9. The van der Waals surface area contributed by atoms with Crippen molar-refractivity contribution >= 4 is 11.9 Å². The topological polar surface area (TPSA) is 63.6 Å². The Balaban J connectivity index is 3.58. The molecule has 4 heteroatoms. The van der Waals surface area contributed by atoms with Gasteiger partial charge < -0.3 is 9.84 Å². The van der Waals surface area contributed by atoms with Gasteiger partial charge in [-0.25, -0.2) is 0 Å². The number of hydrogen-bond acceptors (Lipinski definition) is 3. The standard InChI is InChI=1S/C35H68O4/c1-3-5-7-8-9-10-11-12-13-14-15-16-17-18-22-25-28-32-35(38)39-33(29-6-4-2)30-26-23-20-19-21-24-27-31-34(36)37/h33H,3-32H2,1-2H3,(H,36,37). The van der Waals surface area contributed by atoms with Crippen molar-refractivity contribution in [2.45, 2.75) is 213 Å². The second kappa shape index (κ2) is 31.5. The van der Waals surface area contributed by atoms with Crippen molar-refractivity contribution in [1.82, 2.24) is 0 Å². The van der Waals surface area contributed by atoms with E-state index in [-0.39, 0.29) is 12.1 Å². The number of carboxylic acid groups (broad SMARTS) is 1. The molecule has 0 fully saturated rings. The van der Waals surface area contributed by atoms with E-state index in [2.05, 4.69) is 13.8 Å². The largest absolute Gasteiger partial charge is 0.481 e. The highest BCUT2D eigenvalue weighted by Gasteiger charge is 2.13. The van der Waals surface area contributed by atoms with Gasteiger partial charge in [0.15, 0.2) is 0 Å². The zero-order valence-corrected chi connectivity index (χ0v) is 26.5. The first-order valence-electron chi connectivity index (χ1n) is 17.5. The molecule has 39 heavy (non-hydrogen) atoms. The maximum atomic E-state index is 12.4. The minimum Gasteiger partial charge on any atom is -0.481 e. The van der Waals surface area contributed by atoms with E-state index in [1.165, 1.54) is 116 Å². The van der Waals surface area contributed by atoms with Gasteiger partial charge in [0.2, 0.25) is 0 Å². The van der Waals surface area contributed by atoms with Gasteiger partial charge in [-0.1, -0.05) is 162 Å². The zero-order chi connectivity index (χ0) is 28.7. The molecule has 4 nitrogen and oxygen atoms in total. The molecule has 0 aliphatic rings. The zero-order valence-electron chi connectivity index (χ0n) is 26.5. The van der Waals surface area contributed by atoms with E-state index >= 15 is 0 Å². The van der Waals surface area contributed by atoms with Crippen LogP contribution in [0.1, 0.15) is 206 Å². The molecule has 1 unspecified atom stereocenters. The summed E-state index contributed by atoms with van der Waals surface area (Å²) < 4.78 is 5.87. The van der Waals surface area contributed by atoms with Gasteiger partial charge in [0.05, 0.1) is 0 Å². The molecule has 0 aliphatic heterocycles. The summed E-state index contributed by atoms with van der Waals surface area (Å²) in [5.41, 5.74) is 0. The summed E-state index contributed by atoms with van der Waals surface area (Å²) in [7, 11) is 0. The van der Waals surface area contributed by atoms with Crippen LogP contribution >= 0.6 is 0 Å². The molecule has 0 bridgehead atoms. The summed E-state index contributed by atoms with van der Waals surface area (Å²) in [6.07, 6.45) is 35.9. The molecule has 0 rings (SSSR count). The molecule has 0 radical (unpaired) electrons. The summed E-state index contributed by atoms with van der Waals surface area (Å²) >= 11 is 0. The highest BCUT2D eigenvalue weighted by atomic mass is 16.5. The Bertz CT molecular complexity index is 519. The van der Waals surface area contributed by atoms with Gasteiger partial charge in [0, 0.05) is 12.8 Å². The number of esters is 1. The van der Waals surface area contributed by atoms with Crippen LogP contribution in [0.25, 0.3) is 0 Å². The van der Waals surface area contributed by atoms with Crippen molar-refractivity contribution in [2.75, 3.05) is 0 Å². The van der Waals surface area contributed by atoms with Crippen molar-refractivity contribution in [2.24, 2.45) is 0 Å². The Hall–Kier alpha value is -1.06. The quantitative estimate of drug-likeness (QED) is 0.0665. The SMILES string of the molecule is CCCCCCCCCCCCCCCCCCCC(=O)OC(CCCC)CCCCCCCCCC(=O)O. The number of carbonyl (C=O) groups is 2. The van der Waals surface area contributed by atoms with E-state index in [1.807, 2.05) is 0 Å². The van der Waals surface area contributed by atoms with E-state index in [0.717, 1.165) is 64.2 Å². The summed E-state index contributed by atoms with van der Waals surface area (Å²) in [6, 6.07) is 0. The maximum Gasteiger partial charge on any atom is 0.306 e. The Morgan fingerprint density at radius 1 is 0.462 bits per heavy atom. The Kier molecular flexibility index (Phi) is 30.6. The Morgan fingerprint density at radius 3 is 1.21 bits per heavy atom. The second-order valence-corrected chi connectivity index (χ2v) is 12.1. The van der Waals surface area contributed by atoms with Crippen molar-refractivity contribution in [3.8, 4) is 0 Å². The number of rotatable bonds is 32. The summed E-state index contributed by atoms with van der Waals surface area (Å²) in [6.45, 7) is 4.48. The molecule has 0 saturated heterocycles. The molecule has 1 N–H and O–H groups in total. The molecule has 0 aromatic heterocycles. The monoisotopic (exact) mass is 553 g/mol. The van der Waals surface area contributed by atoms with E-state index < -0.39 is 5.97 Å². The van der Waals surface area contributed by atoms with Crippen LogP contribution < -0.4 is 0 Å². The normalized spacial score (nSPS) is 12.1. The number of aliphatic carboxylic acids is 1. The van der Waals surface area contributed by atoms with E-state index in [1.54, 1.807) is 0 Å². The van der Waals surface area contributed by atoms with Crippen LogP contribution in [0.3, 0.4) is 0 Å². The van der Waals surface area contributed by atoms with Crippen LogP contribution in [0.4, 0.5) is 0 Å². The predicted octanol–water partition coefficient (Wildman–Crippen LogP) is 11.7. The molecule has 0 aromatic carbocycles. The predicted molar refractivity (Wildman–Crippen MR) is 167 cm³/mol. The minimum absolute atomic E-state index is 0.00972. The summed E-state index contributed by atoms with van der Waals surface area (Å²) in [5.74, 6) is -0.678. The lowest BCUT2D eigenvalue weighted by molar-refractivity contribution is -0.150. The first kappa shape index (κ1) is 37.9. The number of unbranched alkanes of at least 4 members (excludes halogenated alkanes) is 23. The van der Waals surface area contributed by atoms with Gasteiger partial charge in [0.25, 0.3) is 0 Å². The fraction of sp³-hybridized carbons (Fsp3) is 0.943. The minimum atomic E-state index is -0.687. The molecule has 0 amide bonds. The molecular weight excluding hydrogens is 484 g/mol. The van der Waals surface area contributed by atoms with Crippen LogP contribution in [0.15, 0.2) is 0 Å². The molecule has 232 valence electrons. The average Bonchev–Trinajstić information content (AvgIpc) is 2.92. The third kappa shape index (κ3) is 31.3. The van der Waals surface area contributed by atoms with Gasteiger partial charge in [-0.15, -0.1) is 0 Å². The van der Waals surface area contributed by atoms with E-state index in [9.17, 15) is 9.59 Å². The van der Waals surface area contributed by atoms with Gasteiger partial charge in [0.1, 0.15) is 6.10 Å². The van der Waals surface area contributed by atoms with Gasteiger partial charge >= 0.3 is 11.9 Å². The lowest BCUT2D eigenvalue weighted by Crippen LogP contribution is -2.18. The lowest BCUT2D eigenvalue weighted by atomic mass is 10.0. The lowest BCUT2D eigenvalue weighted by Gasteiger charge is -2.18. The molecule has 0 aromatic rings. The van der Waals surface area contributed by atoms with Crippen LogP contribution in [0, 0.1) is 0 Å². The fourth-order valence-electron chi connectivity index (χ4n) is 5.47.